The number of rotatable bonds is 2. The highest BCUT2D eigenvalue weighted by Gasteiger charge is 2.31. The molecule has 1 nitrogen and oxygen atoms in total. The summed E-state index contributed by atoms with van der Waals surface area (Å²) in [7, 11) is 0. The van der Waals surface area contributed by atoms with Crippen LogP contribution >= 0.6 is 11.6 Å². The smallest absolute Gasteiger partial charge is 0.259 e. The molecule has 0 N–H and O–H groups in total. The van der Waals surface area contributed by atoms with Crippen molar-refractivity contribution >= 4 is 11.6 Å². The van der Waals surface area contributed by atoms with Gasteiger partial charge < -0.3 is 0 Å². The molecule has 14 heavy (non-hydrogen) atoms. The van der Waals surface area contributed by atoms with Crippen LogP contribution in [0, 0.1) is 0 Å². The zero-order chi connectivity index (χ0) is 10.8. The second-order valence-corrected chi connectivity index (χ2v) is 3.05. The standard InChI is InChI=1S/C9H7ClF3N/c1-2-3-8-7(10)4-6(5-14-8)9(11,12)13/h2,4-5H,1,3H2. The van der Waals surface area contributed by atoms with Crippen molar-refractivity contribution in [1.29, 1.82) is 0 Å². The van der Waals surface area contributed by atoms with Crippen molar-refractivity contribution in [3.05, 3.63) is 41.2 Å². The monoisotopic (exact) mass is 221 g/mol. The fraction of sp³-hybridized carbons (Fsp3) is 0.222. The minimum absolute atomic E-state index is 0.0136. The van der Waals surface area contributed by atoms with Crippen molar-refractivity contribution < 1.29 is 13.2 Å². The fourth-order valence-corrected chi connectivity index (χ4v) is 1.15. The number of hydrogen-bond acceptors (Lipinski definition) is 1. The van der Waals surface area contributed by atoms with Gasteiger partial charge in [-0.2, -0.15) is 13.2 Å². The topological polar surface area (TPSA) is 12.9 Å². The second kappa shape index (κ2) is 4.00. The van der Waals surface area contributed by atoms with Crippen molar-refractivity contribution in [2.45, 2.75) is 12.6 Å². The number of alkyl halides is 3. The highest BCUT2D eigenvalue weighted by Crippen LogP contribution is 2.31. The lowest BCUT2D eigenvalue weighted by Gasteiger charge is -2.07. The van der Waals surface area contributed by atoms with Gasteiger partial charge in [0, 0.05) is 12.6 Å². The SMILES string of the molecule is C=CCc1ncc(C(F)(F)F)cc1Cl. The maximum absolute atomic E-state index is 12.2. The van der Waals surface area contributed by atoms with Gasteiger partial charge in [-0.3, -0.25) is 4.98 Å². The fourth-order valence-electron chi connectivity index (χ4n) is 0.908. The van der Waals surface area contributed by atoms with E-state index in [1.165, 1.54) is 6.08 Å². The Morgan fingerprint density at radius 3 is 2.57 bits per heavy atom. The van der Waals surface area contributed by atoms with Crippen LogP contribution < -0.4 is 0 Å². The molecule has 0 aromatic carbocycles. The van der Waals surface area contributed by atoms with Crippen molar-refractivity contribution in [2.24, 2.45) is 0 Å². The summed E-state index contributed by atoms with van der Waals surface area (Å²) in [6.07, 6.45) is -1.74. The summed E-state index contributed by atoms with van der Waals surface area (Å²) in [5, 5.41) is 0.0136. The molecule has 1 rings (SSSR count). The Morgan fingerprint density at radius 1 is 1.50 bits per heavy atom. The van der Waals surface area contributed by atoms with E-state index >= 15 is 0 Å². The molecule has 0 saturated heterocycles. The number of aromatic nitrogens is 1. The van der Waals surface area contributed by atoms with Crippen LogP contribution in [0.25, 0.3) is 0 Å². The van der Waals surface area contributed by atoms with Gasteiger partial charge in [-0.05, 0) is 6.07 Å². The van der Waals surface area contributed by atoms with Gasteiger partial charge in [-0.15, -0.1) is 6.58 Å². The molecule has 76 valence electrons. The summed E-state index contributed by atoms with van der Waals surface area (Å²) in [6, 6.07) is 0.868. The van der Waals surface area contributed by atoms with Crippen LogP contribution in [0.5, 0.6) is 0 Å². The Hall–Kier alpha value is -1.03. The van der Waals surface area contributed by atoms with Gasteiger partial charge in [-0.25, -0.2) is 0 Å². The summed E-state index contributed by atoms with van der Waals surface area (Å²) >= 11 is 5.60. The van der Waals surface area contributed by atoms with Gasteiger partial charge in [0.05, 0.1) is 16.3 Å². The van der Waals surface area contributed by atoms with E-state index < -0.39 is 11.7 Å². The number of pyridine rings is 1. The highest BCUT2D eigenvalue weighted by molar-refractivity contribution is 6.31. The van der Waals surface area contributed by atoms with Crippen molar-refractivity contribution in [2.75, 3.05) is 0 Å². The number of allylic oxidation sites excluding steroid dienone is 1. The molecule has 0 aliphatic rings. The van der Waals surface area contributed by atoms with Gasteiger partial charge in [0.15, 0.2) is 0 Å². The van der Waals surface area contributed by atoms with E-state index in [1.807, 2.05) is 0 Å². The predicted molar refractivity (Wildman–Crippen MR) is 48.2 cm³/mol. The van der Waals surface area contributed by atoms with Gasteiger partial charge in [0.1, 0.15) is 0 Å². The maximum atomic E-state index is 12.2. The van der Waals surface area contributed by atoms with Crippen LogP contribution in [0.2, 0.25) is 5.02 Å². The molecule has 0 unspecified atom stereocenters. The minimum atomic E-state index is -4.40. The molecule has 0 bridgehead atoms. The Labute approximate surface area is 84.2 Å². The largest absolute Gasteiger partial charge is 0.417 e. The first-order chi connectivity index (χ1) is 6.45. The van der Waals surface area contributed by atoms with Crippen LogP contribution in [0.3, 0.4) is 0 Å². The average Bonchev–Trinajstić information content (AvgIpc) is 2.07. The molecular weight excluding hydrogens is 215 g/mol. The molecule has 0 amide bonds. The van der Waals surface area contributed by atoms with E-state index in [-0.39, 0.29) is 5.02 Å². The second-order valence-electron chi connectivity index (χ2n) is 2.64. The summed E-state index contributed by atoms with van der Waals surface area (Å²) in [5.41, 5.74) is -0.440. The van der Waals surface area contributed by atoms with Crippen molar-refractivity contribution in [1.82, 2.24) is 4.98 Å². The lowest BCUT2D eigenvalue weighted by molar-refractivity contribution is -0.137. The lowest BCUT2D eigenvalue weighted by atomic mass is 10.2. The normalized spacial score (nSPS) is 11.4. The lowest BCUT2D eigenvalue weighted by Crippen LogP contribution is -2.06. The summed E-state index contributed by atoms with van der Waals surface area (Å²) in [4.78, 5) is 3.61. The van der Waals surface area contributed by atoms with Crippen LogP contribution in [-0.2, 0) is 12.6 Å². The van der Waals surface area contributed by atoms with E-state index in [1.54, 1.807) is 0 Å². The maximum Gasteiger partial charge on any atom is 0.417 e. The Bertz CT molecular complexity index is 346. The van der Waals surface area contributed by atoms with Crippen LogP contribution in [0.1, 0.15) is 11.3 Å². The molecule has 0 saturated carbocycles. The molecule has 1 aromatic rings. The molecule has 1 aromatic heterocycles. The van der Waals surface area contributed by atoms with Crippen molar-refractivity contribution in [3.8, 4) is 0 Å². The third-order valence-corrected chi connectivity index (χ3v) is 1.91. The summed E-state index contributed by atoms with van der Waals surface area (Å²) < 4.78 is 36.5. The quantitative estimate of drug-likeness (QED) is 0.697. The Balaban J connectivity index is 3.06. The predicted octanol–water partition coefficient (Wildman–Crippen LogP) is 3.48. The first-order valence-corrected chi connectivity index (χ1v) is 4.15. The van der Waals surface area contributed by atoms with E-state index in [4.69, 9.17) is 11.6 Å². The summed E-state index contributed by atoms with van der Waals surface area (Å²) in [5.74, 6) is 0. The molecule has 0 spiro atoms. The zero-order valence-corrected chi connectivity index (χ0v) is 7.86. The van der Waals surface area contributed by atoms with Crippen LogP contribution in [0.4, 0.5) is 13.2 Å². The number of nitrogens with zero attached hydrogens (tertiary/aromatic N) is 1. The van der Waals surface area contributed by atoms with Crippen LogP contribution in [-0.4, -0.2) is 4.98 Å². The molecule has 1 heterocycles. The third-order valence-electron chi connectivity index (χ3n) is 1.58. The van der Waals surface area contributed by atoms with E-state index in [0.29, 0.717) is 12.1 Å². The minimum Gasteiger partial charge on any atom is -0.259 e. The van der Waals surface area contributed by atoms with E-state index in [2.05, 4.69) is 11.6 Å². The van der Waals surface area contributed by atoms with E-state index in [9.17, 15) is 13.2 Å². The number of hydrogen-bond donors (Lipinski definition) is 0. The molecule has 0 radical (unpaired) electrons. The first kappa shape index (κ1) is 11.0. The molecule has 5 heteroatoms. The zero-order valence-electron chi connectivity index (χ0n) is 7.11. The summed E-state index contributed by atoms with van der Waals surface area (Å²) in [6.45, 7) is 3.45. The first-order valence-electron chi connectivity index (χ1n) is 3.77. The van der Waals surface area contributed by atoms with Crippen molar-refractivity contribution in [3.63, 3.8) is 0 Å². The molecule has 0 atom stereocenters. The Kier molecular flexibility index (Phi) is 3.16. The molecule has 0 aliphatic carbocycles. The van der Waals surface area contributed by atoms with Gasteiger partial charge in [0.2, 0.25) is 0 Å². The van der Waals surface area contributed by atoms with Gasteiger partial charge >= 0.3 is 6.18 Å². The highest BCUT2D eigenvalue weighted by atomic mass is 35.5. The molecule has 0 aliphatic heterocycles. The molecule has 0 fully saturated rings. The Morgan fingerprint density at radius 2 is 2.14 bits per heavy atom. The average molecular weight is 222 g/mol. The molecular formula is C9H7ClF3N. The third kappa shape index (κ3) is 2.48. The van der Waals surface area contributed by atoms with E-state index in [0.717, 1.165) is 12.3 Å². The van der Waals surface area contributed by atoms with Crippen LogP contribution in [0.15, 0.2) is 24.9 Å². The van der Waals surface area contributed by atoms with Gasteiger partial charge in [-0.1, -0.05) is 17.7 Å². The number of halogens is 4. The van der Waals surface area contributed by atoms with Gasteiger partial charge in [0.25, 0.3) is 0 Å².